The number of halogens is 1. The Bertz CT molecular complexity index is 734. The van der Waals surface area contributed by atoms with Crippen LogP contribution in [0.1, 0.15) is 15.9 Å². The second-order valence-electron chi connectivity index (χ2n) is 4.91. The molecular weight excluding hydrogens is 376 g/mol. The first-order valence-electron chi connectivity index (χ1n) is 7.00. The monoisotopic (exact) mass is 392 g/mol. The predicted octanol–water partition coefficient (Wildman–Crippen LogP) is 3.85. The summed E-state index contributed by atoms with van der Waals surface area (Å²) in [4.78, 5) is 24.7. The van der Waals surface area contributed by atoms with Gasteiger partial charge in [0, 0.05) is 27.7 Å². The molecule has 0 aromatic heterocycles. The smallest absolute Gasteiger partial charge is 0.251 e. The minimum absolute atomic E-state index is 0.105. The van der Waals surface area contributed by atoms with Gasteiger partial charge in [-0.25, -0.2) is 0 Å². The summed E-state index contributed by atoms with van der Waals surface area (Å²) >= 11 is 4.91. The maximum Gasteiger partial charge on any atom is 0.251 e. The molecule has 0 aliphatic heterocycles. The molecule has 0 spiro atoms. The maximum absolute atomic E-state index is 12.1. The van der Waals surface area contributed by atoms with Crippen molar-refractivity contribution in [2.24, 2.45) is 0 Å². The molecule has 23 heavy (non-hydrogen) atoms. The number of carbonyl (C=O) groups excluding carboxylic acids is 2. The summed E-state index contributed by atoms with van der Waals surface area (Å²) in [7, 11) is 1.57. The van der Waals surface area contributed by atoms with Crippen LogP contribution in [0.15, 0.2) is 51.8 Å². The maximum atomic E-state index is 12.1. The average Bonchev–Trinajstić information content (AvgIpc) is 2.53. The third kappa shape index (κ3) is 5.11. The number of amides is 2. The lowest BCUT2D eigenvalue weighted by atomic mass is 10.2. The molecular formula is C17H17BrN2O2S. The van der Waals surface area contributed by atoms with Crippen LogP contribution in [0.5, 0.6) is 0 Å². The Balaban J connectivity index is 1.96. The van der Waals surface area contributed by atoms with E-state index in [1.807, 2.05) is 25.1 Å². The highest BCUT2D eigenvalue weighted by molar-refractivity contribution is 9.10. The van der Waals surface area contributed by atoms with Crippen LogP contribution in [0.25, 0.3) is 0 Å². The molecule has 0 heterocycles. The van der Waals surface area contributed by atoms with Crippen LogP contribution in [0, 0.1) is 6.92 Å². The lowest BCUT2D eigenvalue weighted by Gasteiger charge is -2.08. The Morgan fingerprint density at radius 3 is 2.65 bits per heavy atom. The van der Waals surface area contributed by atoms with Crippen molar-refractivity contribution in [3.8, 4) is 0 Å². The van der Waals surface area contributed by atoms with E-state index in [0.29, 0.717) is 17.0 Å². The highest BCUT2D eigenvalue weighted by atomic mass is 79.9. The van der Waals surface area contributed by atoms with Gasteiger partial charge in [0.1, 0.15) is 0 Å². The van der Waals surface area contributed by atoms with E-state index in [0.717, 1.165) is 14.9 Å². The summed E-state index contributed by atoms with van der Waals surface area (Å²) in [6, 6.07) is 12.8. The number of hydrogen-bond acceptors (Lipinski definition) is 3. The van der Waals surface area contributed by atoms with Crippen molar-refractivity contribution in [2.75, 3.05) is 18.1 Å². The van der Waals surface area contributed by atoms with E-state index in [9.17, 15) is 9.59 Å². The van der Waals surface area contributed by atoms with Gasteiger partial charge in [-0.2, -0.15) is 0 Å². The summed E-state index contributed by atoms with van der Waals surface area (Å²) in [5.41, 5.74) is 2.25. The number of thioether (sulfide) groups is 1. The van der Waals surface area contributed by atoms with Gasteiger partial charge in [-0.05, 0) is 48.9 Å². The second-order valence-corrected chi connectivity index (χ2v) is 6.84. The van der Waals surface area contributed by atoms with E-state index < -0.39 is 0 Å². The van der Waals surface area contributed by atoms with Crippen LogP contribution in [-0.4, -0.2) is 24.6 Å². The van der Waals surface area contributed by atoms with Crippen molar-refractivity contribution in [3.05, 3.63) is 58.1 Å². The van der Waals surface area contributed by atoms with Gasteiger partial charge in [0.2, 0.25) is 5.91 Å². The molecule has 2 rings (SSSR count). The molecule has 0 aliphatic carbocycles. The lowest BCUT2D eigenvalue weighted by molar-refractivity contribution is -0.113. The molecule has 2 amide bonds. The first-order chi connectivity index (χ1) is 11.0. The fraction of sp³-hybridized carbons (Fsp3) is 0.176. The minimum Gasteiger partial charge on any atom is -0.355 e. The normalized spacial score (nSPS) is 10.2. The molecule has 6 heteroatoms. The Morgan fingerprint density at radius 1 is 1.17 bits per heavy atom. The number of benzene rings is 2. The van der Waals surface area contributed by atoms with E-state index in [2.05, 4.69) is 26.6 Å². The van der Waals surface area contributed by atoms with Gasteiger partial charge in [0.25, 0.3) is 5.91 Å². The van der Waals surface area contributed by atoms with Gasteiger partial charge in [-0.15, -0.1) is 11.8 Å². The average molecular weight is 393 g/mol. The van der Waals surface area contributed by atoms with Crippen LogP contribution in [0.3, 0.4) is 0 Å². The minimum atomic E-state index is -0.180. The predicted molar refractivity (Wildman–Crippen MR) is 98.1 cm³/mol. The molecule has 0 radical (unpaired) electrons. The zero-order valence-corrected chi connectivity index (χ0v) is 15.3. The largest absolute Gasteiger partial charge is 0.355 e. The molecule has 0 aliphatic rings. The van der Waals surface area contributed by atoms with E-state index >= 15 is 0 Å². The van der Waals surface area contributed by atoms with E-state index in [-0.39, 0.29) is 11.8 Å². The Labute approximate surface area is 148 Å². The van der Waals surface area contributed by atoms with Crippen LogP contribution in [0.4, 0.5) is 5.69 Å². The van der Waals surface area contributed by atoms with Gasteiger partial charge >= 0.3 is 0 Å². The number of hydrogen-bond donors (Lipinski definition) is 2. The number of anilines is 1. The standard InChI is InChI=1S/C17H17BrN2O2S/c1-11-8-13(18)6-7-15(11)23-10-16(21)20-14-5-3-4-12(9-14)17(22)19-2/h3-9H,10H2,1-2H3,(H,19,22)(H,20,21). The van der Waals surface area contributed by atoms with Crippen molar-refractivity contribution >= 4 is 45.2 Å². The Kier molecular flexibility index (Phi) is 6.24. The summed E-state index contributed by atoms with van der Waals surface area (Å²) in [6.07, 6.45) is 0. The van der Waals surface area contributed by atoms with Gasteiger partial charge in [-0.1, -0.05) is 22.0 Å². The Morgan fingerprint density at radius 2 is 1.96 bits per heavy atom. The van der Waals surface area contributed by atoms with Crippen molar-refractivity contribution < 1.29 is 9.59 Å². The summed E-state index contributed by atoms with van der Waals surface area (Å²) in [5.74, 6) is 0.0273. The number of aryl methyl sites for hydroxylation is 1. The van der Waals surface area contributed by atoms with Crippen LogP contribution < -0.4 is 10.6 Å². The third-order valence-corrected chi connectivity index (χ3v) is 4.80. The van der Waals surface area contributed by atoms with Crippen molar-refractivity contribution in [3.63, 3.8) is 0 Å². The number of carbonyl (C=O) groups is 2. The van der Waals surface area contributed by atoms with Crippen LogP contribution in [0.2, 0.25) is 0 Å². The molecule has 2 N–H and O–H groups in total. The summed E-state index contributed by atoms with van der Waals surface area (Å²) < 4.78 is 1.02. The topological polar surface area (TPSA) is 58.2 Å². The van der Waals surface area contributed by atoms with Crippen molar-refractivity contribution in [1.82, 2.24) is 5.32 Å². The number of rotatable bonds is 5. The van der Waals surface area contributed by atoms with Gasteiger partial charge in [-0.3, -0.25) is 9.59 Å². The van der Waals surface area contributed by atoms with Gasteiger partial charge in [0.05, 0.1) is 5.75 Å². The van der Waals surface area contributed by atoms with E-state index in [4.69, 9.17) is 0 Å². The molecule has 2 aromatic rings. The molecule has 0 saturated carbocycles. The van der Waals surface area contributed by atoms with Crippen LogP contribution >= 0.6 is 27.7 Å². The first-order valence-corrected chi connectivity index (χ1v) is 8.78. The van der Waals surface area contributed by atoms with Gasteiger partial charge in [0.15, 0.2) is 0 Å². The highest BCUT2D eigenvalue weighted by Gasteiger charge is 2.08. The summed E-state index contributed by atoms with van der Waals surface area (Å²) in [6.45, 7) is 2.01. The van der Waals surface area contributed by atoms with E-state index in [1.165, 1.54) is 11.8 Å². The fourth-order valence-corrected chi connectivity index (χ4v) is 3.28. The van der Waals surface area contributed by atoms with Crippen molar-refractivity contribution in [2.45, 2.75) is 11.8 Å². The third-order valence-electron chi connectivity index (χ3n) is 3.13. The highest BCUT2D eigenvalue weighted by Crippen LogP contribution is 2.25. The molecule has 0 bridgehead atoms. The SMILES string of the molecule is CNC(=O)c1cccc(NC(=O)CSc2ccc(Br)cc2C)c1. The molecule has 0 saturated heterocycles. The first kappa shape index (κ1) is 17.6. The number of nitrogens with one attached hydrogen (secondary N) is 2. The molecule has 4 nitrogen and oxygen atoms in total. The van der Waals surface area contributed by atoms with E-state index in [1.54, 1.807) is 31.3 Å². The zero-order chi connectivity index (χ0) is 16.8. The molecule has 0 fully saturated rings. The molecule has 0 atom stereocenters. The summed E-state index contributed by atoms with van der Waals surface area (Å²) in [5, 5.41) is 5.37. The van der Waals surface area contributed by atoms with Crippen LogP contribution in [-0.2, 0) is 4.79 Å². The molecule has 120 valence electrons. The Hall–Kier alpha value is -1.79. The second kappa shape index (κ2) is 8.17. The zero-order valence-electron chi connectivity index (χ0n) is 12.9. The quantitative estimate of drug-likeness (QED) is 0.759. The molecule has 2 aromatic carbocycles. The fourth-order valence-electron chi connectivity index (χ4n) is 2.00. The van der Waals surface area contributed by atoms with Gasteiger partial charge < -0.3 is 10.6 Å². The van der Waals surface area contributed by atoms with Crippen molar-refractivity contribution in [1.29, 1.82) is 0 Å². The molecule has 0 unspecified atom stereocenters. The lowest BCUT2D eigenvalue weighted by Crippen LogP contribution is -2.19.